The van der Waals surface area contributed by atoms with Crippen LogP contribution in [0.25, 0.3) is 5.82 Å². The van der Waals surface area contributed by atoms with Gasteiger partial charge in [-0.1, -0.05) is 19.3 Å². The Kier molecular flexibility index (Phi) is 4.83. The van der Waals surface area contributed by atoms with Crippen molar-refractivity contribution < 1.29 is 4.79 Å². The molecule has 1 saturated carbocycles. The maximum Gasteiger partial charge on any atom is 0.228 e. The van der Waals surface area contributed by atoms with E-state index in [2.05, 4.69) is 25.0 Å². The minimum absolute atomic E-state index is 0.0195. The number of carbonyl (C=O) groups is 1. The highest BCUT2D eigenvalue weighted by Gasteiger charge is 2.29. The zero-order valence-corrected chi connectivity index (χ0v) is 16.4. The second kappa shape index (κ2) is 7.77. The number of anilines is 1. The Bertz CT molecular complexity index is 988. The molecule has 1 fully saturated rings. The van der Waals surface area contributed by atoms with E-state index in [9.17, 15) is 4.79 Å². The first-order chi connectivity index (χ1) is 14.3. The quantitative estimate of drug-likeness (QED) is 0.738. The minimum Gasteiger partial charge on any atom is -0.332 e. The summed E-state index contributed by atoms with van der Waals surface area (Å²) in [5.41, 5.74) is 1.82. The van der Waals surface area contributed by atoms with Gasteiger partial charge in [0.1, 0.15) is 18.5 Å². The fourth-order valence-corrected chi connectivity index (χ4v) is 4.63. The monoisotopic (exact) mass is 391 g/mol. The molecule has 2 aliphatic rings. The van der Waals surface area contributed by atoms with Crippen LogP contribution < -0.4 is 5.32 Å². The summed E-state index contributed by atoms with van der Waals surface area (Å²) in [5, 5.41) is 7.17. The maximum absolute atomic E-state index is 13.0. The maximum atomic E-state index is 13.0. The number of hydrogen-bond donors (Lipinski definition) is 1. The van der Waals surface area contributed by atoms with Crippen LogP contribution in [-0.4, -0.2) is 35.2 Å². The van der Waals surface area contributed by atoms with Crippen LogP contribution in [0.15, 0.2) is 37.2 Å². The van der Waals surface area contributed by atoms with Gasteiger partial charge in [-0.2, -0.15) is 5.10 Å². The normalized spacial score (nSPS) is 19.7. The van der Waals surface area contributed by atoms with Crippen LogP contribution in [0, 0.1) is 5.92 Å². The van der Waals surface area contributed by atoms with Crippen LogP contribution >= 0.6 is 0 Å². The Hall–Kier alpha value is -3.03. The first-order valence-corrected chi connectivity index (χ1v) is 10.4. The van der Waals surface area contributed by atoms with E-state index >= 15 is 0 Å². The molecule has 0 saturated heterocycles. The average molecular weight is 391 g/mol. The highest BCUT2D eigenvalue weighted by molar-refractivity contribution is 5.94. The minimum atomic E-state index is -0.0674. The van der Waals surface area contributed by atoms with Gasteiger partial charge < -0.3 is 9.88 Å². The molecule has 0 bridgehead atoms. The van der Waals surface area contributed by atoms with Crippen molar-refractivity contribution in [1.29, 1.82) is 0 Å². The molecule has 5 rings (SSSR count). The van der Waals surface area contributed by atoms with Gasteiger partial charge in [0.25, 0.3) is 0 Å². The molecule has 1 unspecified atom stereocenters. The molecular weight excluding hydrogens is 366 g/mol. The lowest BCUT2D eigenvalue weighted by atomic mass is 9.88. The van der Waals surface area contributed by atoms with Crippen LogP contribution in [0.5, 0.6) is 0 Å². The number of rotatable bonds is 4. The second-order valence-electron chi connectivity index (χ2n) is 7.99. The zero-order valence-electron chi connectivity index (χ0n) is 16.4. The van der Waals surface area contributed by atoms with Gasteiger partial charge in [0, 0.05) is 42.9 Å². The van der Waals surface area contributed by atoms with Crippen LogP contribution in [0.2, 0.25) is 0 Å². The fraction of sp³-hybridized carbons (Fsp3) is 0.476. The highest BCUT2D eigenvalue weighted by atomic mass is 16.1. The second-order valence-corrected chi connectivity index (χ2v) is 7.99. The molecule has 4 heterocycles. The van der Waals surface area contributed by atoms with Gasteiger partial charge in [0.05, 0.1) is 5.69 Å². The molecule has 3 aromatic heterocycles. The van der Waals surface area contributed by atoms with Crippen molar-refractivity contribution in [2.24, 2.45) is 5.92 Å². The predicted octanol–water partition coefficient (Wildman–Crippen LogP) is 3.11. The number of imidazole rings is 1. The van der Waals surface area contributed by atoms with E-state index in [1.165, 1.54) is 49.9 Å². The van der Waals surface area contributed by atoms with Crippen molar-refractivity contribution >= 4 is 11.6 Å². The lowest BCUT2D eigenvalue weighted by molar-refractivity contribution is -0.120. The summed E-state index contributed by atoms with van der Waals surface area (Å²) in [5.74, 6) is 2.34. The predicted molar refractivity (Wildman–Crippen MR) is 108 cm³/mol. The highest BCUT2D eigenvalue weighted by Crippen LogP contribution is 2.34. The fourth-order valence-electron chi connectivity index (χ4n) is 4.63. The van der Waals surface area contributed by atoms with Crippen molar-refractivity contribution in [3.63, 3.8) is 0 Å². The summed E-state index contributed by atoms with van der Waals surface area (Å²) < 4.78 is 3.92. The summed E-state index contributed by atoms with van der Waals surface area (Å²) in [4.78, 5) is 26.0. The summed E-state index contributed by atoms with van der Waals surface area (Å²) in [6, 6.07) is 3.65. The molecule has 8 heteroatoms. The Balaban J connectivity index is 1.30. The molecule has 8 nitrogen and oxygen atoms in total. The molecule has 0 aromatic carbocycles. The number of amides is 1. The van der Waals surface area contributed by atoms with Crippen LogP contribution in [0.1, 0.15) is 56.0 Å². The largest absolute Gasteiger partial charge is 0.332 e. The van der Waals surface area contributed by atoms with E-state index in [1.54, 1.807) is 17.2 Å². The van der Waals surface area contributed by atoms with Crippen molar-refractivity contribution in [3.8, 4) is 5.82 Å². The molecular formula is C21H25N7O. The molecule has 1 aliphatic carbocycles. The van der Waals surface area contributed by atoms with Crippen LogP contribution in [0.3, 0.4) is 0 Å². The van der Waals surface area contributed by atoms with Gasteiger partial charge in [0.2, 0.25) is 5.91 Å². The Morgan fingerprint density at radius 2 is 2.03 bits per heavy atom. The number of aromatic nitrogens is 6. The number of pyridine rings is 1. The van der Waals surface area contributed by atoms with Gasteiger partial charge in [0.15, 0.2) is 5.82 Å². The Labute approximate surface area is 169 Å². The van der Waals surface area contributed by atoms with Crippen molar-refractivity contribution in [3.05, 3.63) is 48.7 Å². The van der Waals surface area contributed by atoms with Crippen molar-refractivity contribution in [2.45, 2.75) is 57.4 Å². The average Bonchev–Trinajstić information content (AvgIpc) is 3.44. The Morgan fingerprint density at radius 3 is 2.86 bits per heavy atom. The van der Waals surface area contributed by atoms with E-state index in [-0.39, 0.29) is 11.8 Å². The summed E-state index contributed by atoms with van der Waals surface area (Å²) in [7, 11) is 0. The van der Waals surface area contributed by atoms with E-state index in [0.717, 1.165) is 19.4 Å². The first-order valence-electron chi connectivity index (χ1n) is 10.4. The van der Waals surface area contributed by atoms with Crippen LogP contribution in [-0.2, 0) is 17.8 Å². The summed E-state index contributed by atoms with van der Waals surface area (Å²) in [6.07, 6.45) is 14.7. The lowest BCUT2D eigenvalue weighted by Crippen LogP contribution is -2.31. The van der Waals surface area contributed by atoms with E-state index in [4.69, 9.17) is 4.98 Å². The molecule has 29 heavy (non-hydrogen) atoms. The molecule has 0 radical (unpaired) electrons. The molecule has 150 valence electrons. The first kappa shape index (κ1) is 18.0. The molecule has 0 spiro atoms. The van der Waals surface area contributed by atoms with E-state index in [0.29, 0.717) is 17.4 Å². The van der Waals surface area contributed by atoms with Gasteiger partial charge in [-0.05, 0) is 31.4 Å². The van der Waals surface area contributed by atoms with Crippen LogP contribution in [0.4, 0.5) is 5.69 Å². The third kappa shape index (κ3) is 3.54. The topological polar surface area (TPSA) is 90.5 Å². The van der Waals surface area contributed by atoms with Gasteiger partial charge in [-0.25, -0.2) is 19.6 Å². The number of hydrogen-bond acceptors (Lipinski definition) is 5. The third-order valence-electron chi connectivity index (χ3n) is 6.15. The van der Waals surface area contributed by atoms with Gasteiger partial charge >= 0.3 is 0 Å². The number of carbonyl (C=O) groups excluding carboxylic acids is 1. The SMILES string of the molecule is O=C(Nc1cccnc1-n1cncn1)C1CCn2c(cnc2C2CCCCC2)C1. The third-order valence-corrected chi connectivity index (χ3v) is 6.15. The Morgan fingerprint density at radius 1 is 1.14 bits per heavy atom. The number of fused-ring (bicyclic) bond motifs is 1. The lowest BCUT2D eigenvalue weighted by Gasteiger charge is -2.27. The smallest absolute Gasteiger partial charge is 0.228 e. The standard InChI is InChI=1S/C21H25N7O/c29-21(26-18-7-4-9-23-20(18)28-14-22-13-25-28)16-8-10-27-17(11-16)12-24-19(27)15-5-2-1-3-6-15/h4,7,9,12-16H,1-3,5-6,8,10-11H2,(H,26,29). The van der Waals surface area contributed by atoms with E-state index in [1.807, 2.05) is 18.3 Å². The van der Waals surface area contributed by atoms with Gasteiger partial charge in [-0.15, -0.1) is 0 Å². The molecule has 3 aromatic rings. The number of nitrogens with one attached hydrogen (secondary N) is 1. The molecule has 1 amide bonds. The summed E-state index contributed by atoms with van der Waals surface area (Å²) in [6.45, 7) is 0.863. The zero-order chi connectivity index (χ0) is 19.6. The van der Waals surface area contributed by atoms with E-state index < -0.39 is 0 Å². The summed E-state index contributed by atoms with van der Waals surface area (Å²) >= 11 is 0. The molecule has 1 aliphatic heterocycles. The van der Waals surface area contributed by atoms with Crippen molar-refractivity contribution in [1.82, 2.24) is 29.3 Å². The van der Waals surface area contributed by atoms with Gasteiger partial charge in [-0.3, -0.25) is 4.79 Å². The number of nitrogens with zero attached hydrogens (tertiary/aromatic N) is 6. The molecule has 1 atom stereocenters. The molecule has 1 N–H and O–H groups in total. The van der Waals surface area contributed by atoms with Crippen molar-refractivity contribution in [2.75, 3.05) is 5.32 Å².